The number of nitrogens with zero attached hydrogens (tertiary/aromatic N) is 1. The molecule has 1 aromatic carbocycles. The van der Waals surface area contributed by atoms with Crippen LogP contribution in [0.25, 0.3) is 0 Å². The van der Waals surface area contributed by atoms with Crippen molar-refractivity contribution in [2.75, 3.05) is 21.3 Å². The van der Waals surface area contributed by atoms with Crippen molar-refractivity contribution < 1.29 is 19.0 Å². The molecule has 0 fully saturated rings. The molecule has 6 nitrogen and oxygen atoms in total. The minimum Gasteiger partial charge on any atom is -0.497 e. The number of amides is 1. The monoisotopic (exact) mass is 238 g/mol. The number of hydrogen-bond acceptors (Lipinski definition) is 5. The molecule has 0 aliphatic carbocycles. The average Bonchev–Trinajstić information content (AvgIpc) is 2.38. The Bertz CT molecular complexity index is 418. The van der Waals surface area contributed by atoms with Gasteiger partial charge in [0, 0.05) is 11.6 Å². The summed E-state index contributed by atoms with van der Waals surface area (Å²) in [4.78, 5) is 10.8. The van der Waals surface area contributed by atoms with Gasteiger partial charge in [-0.25, -0.2) is 10.2 Å². The van der Waals surface area contributed by atoms with Crippen LogP contribution in [0.3, 0.4) is 0 Å². The Labute approximate surface area is 99.2 Å². The molecule has 1 rings (SSSR count). The van der Waals surface area contributed by atoms with Crippen LogP contribution >= 0.6 is 0 Å². The van der Waals surface area contributed by atoms with E-state index in [1.165, 1.54) is 13.3 Å². The standard InChI is InChI=1S/C11H14N2O4/c1-15-9-5-4-8(10(6-9)16-2)7-12-13-11(14)17-3/h4-7H,1-3H3,(H,13,14)/b12-7+. The number of ether oxygens (including phenoxy) is 3. The average molecular weight is 238 g/mol. The second kappa shape index (κ2) is 6.37. The molecule has 1 N–H and O–H groups in total. The van der Waals surface area contributed by atoms with Crippen LogP contribution in [0.5, 0.6) is 11.5 Å². The first-order chi connectivity index (χ1) is 8.21. The molecule has 17 heavy (non-hydrogen) atoms. The normalized spacial score (nSPS) is 10.1. The minimum absolute atomic E-state index is 0.597. The van der Waals surface area contributed by atoms with E-state index in [9.17, 15) is 4.79 Å². The van der Waals surface area contributed by atoms with Crippen molar-refractivity contribution in [1.29, 1.82) is 0 Å². The van der Waals surface area contributed by atoms with E-state index in [1.54, 1.807) is 32.4 Å². The molecule has 0 atom stereocenters. The first-order valence-corrected chi connectivity index (χ1v) is 4.80. The van der Waals surface area contributed by atoms with Crippen molar-refractivity contribution in [3.8, 4) is 11.5 Å². The Morgan fingerprint density at radius 1 is 1.29 bits per heavy atom. The zero-order chi connectivity index (χ0) is 12.7. The molecule has 0 radical (unpaired) electrons. The van der Waals surface area contributed by atoms with Crippen molar-refractivity contribution >= 4 is 12.3 Å². The van der Waals surface area contributed by atoms with Gasteiger partial charge in [-0.05, 0) is 12.1 Å². The SMILES string of the molecule is COC(=O)N/N=C/c1ccc(OC)cc1OC. The fourth-order valence-corrected chi connectivity index (χ4v) is 1.13. The summed E-state index contributed by atoms with van der Waals surface area (Å²) in [7, 11) is 4.38. The summed E-state index contributed by atoms with van der Waals surface area (Å²) in [6.45, 7) is 0. The first kappa shape index (κ1) is 12.8. The Balaban J connectivity index is 2.79. The first-order valence-electron chi connectivity index (χ1n) is 4.80. The van der Waals surface area contributed by atoms with Gasteiger partial charge in [-0.1, -0.05) is 0 Å². The molecule has 0 unspecified atom stereocenters. The largest absolute Gasteiger partial charge is 0.497 e. The molecule has 6 heteroatoms. The third kappa shape index (κ3) is 3.67. The van der Waals surface area contributed by atoms with E-state index in [2.05, 4.69) is 15.3 Å². The minimum atomic E-state index is -0.631. The van der Waals surface area contributed by atoms with Crippen LogP contribution in [0.15, 0.2) is 23.3 Å². The van der Waals surface area contributed by atoms with Gasteiger partial charge < -0.3 is 14.2 Å². The van der Waals surface area contributed by atoms with Crippen LogP contribution < -0.4 is 14.9 Å². The fourth-order valence-electron chi connectivity index (χ4n) is 1.13. The number of hydrogen-bond donors (Lipinski definition) is 1. The lowest BCUT2D eigenvalue weighted by molar-refractivity contribution is 0.171. The molecule has 0 heterocycles. The smallest absolute Gasteiger partial charge is 0.427 e. The number of benzene rings is 1. The van der Waals surface area contributed by atoms with Gasteiger partial charge in [-0.2, -0.15) is 5.10 Å². The molecule has 0 bridgehead atoms. The quantitative estimate of drug-likeness (QED) is 0.635. The lowest BCUT2D eigenvalue weighted by Crippen LogP contribution is -2.16. The number of methoxy groups -OCH3 is 3. The van der Waals surface area contributed by atoms with Crippen LogP contribution in [-0.4, -0.2) is 33.6 Å². The summed E-state index contributed by atoms with van der Waals surface area (Å²) in [5, 5.41) is 3.71. The highest BCUT2D eigenvalue weighted by Gasteiger charge is 2.02. The molecule has 0 saturated carbocycles. The predicted molar refractivity (Wildman–Crippen MR) is 62.7 cm³/mol. The third-order valence-corrected chi connectivity index (χ3v) is 1.99. The summed E-state index contributed by atoms with van der Waals surface area (Å²) >= 11 is 0. The van der Waals surface area contributed by atoms with Gasteiger partial charge in [0.05, 0.1) is 27.5 Å². The molecule has 92 valence electrons. The molecular weight excluding hydrogens is 224 g/mol. The van der Waals surface area contributed by atoms with Crippen LogP contribution in [0.1, 0.15) is 5.56 Å². The van der Waals surface area contributed by atoms with E-state index in [1.807, 2.05) is 0 Å². The highest BCUT2D eigenvalue weighted by atomic mass is 16.5. The second-order valence-electron chi connectivity index (χ2n) is 2.97. The molecule has 0 aromatic heterocycles. The van der Waals surface area contributed by atoms with Gasteiger partial charge in [0.1, 0.15) is 11.5 Å². The number of rotatable bonds is 4. The van der Waals surface area contributed by atoms with Gasteiger partial charge in [0.2, 0.25) is 0 Å². The van der Waals surface area contributed by atoms with Crippen molar-refractivity contribution in [2.24, 2.45) is 5.10 Å². The van der Waals surface area contributed by atoms with E-state index in [0.29, 0.717) is 17.1 Å². The van der Waals surface area contributed by atoms with Crippen molar-refractivity contribution in [3.05, 3.63) is 23.8 Å². The highest BCUT2D eigenvalue weighted by molar-refractivity contribution is 5.84. The maximum absolute atomic E-state index is 10.8. The molecule has 0 spiro atoms. The van der Waals surface area contributed by atoms with E-state index in [0.717, 1.165) is 0 Å². The van der Waals surface area contributed by atoms with Gasteiger partial charge >= 0.3 is 6.09 Å². The zero-order valence-electron chi connectivity index (χ0n) is 9.89. The molecule has 1 amide bonds. The fraction of sp³-hybridized carbons (Fsp3) is 0.273. The van der Waals surface area contributed by atoms with Gasteiger partial charge in [0.25, 0.3) is 0 Å². The van der Waals surface area contributed by atoms with Crippen LogP contribution in [0, 0.1) is 0 Å². The van der Waals surface area contributed by atoms with Gasteiger partial charge in [-0.3, -0.25) is 0 Å². The van der Waals surface area contributed by atoms with Crippen molar-refractivity contribution in [1.82, 2.24) is 5.43 Å². The summed E-state index contributed by atoms with van der Waals surface area (Å²) in [6.07, 6.45) is 0.823. The van der Waals surface area contributed by atoms with Gasteiger partial charge in [0.15, 0.2) is 0 Å². The lowest BCUT2D eigenvalue weighted by Gasteiger charge is -2.06. The summed E-state index contributed by atoms with van der Waals surface area (Å²) in [5.74, 6) is 1.28. The van der Waals surface area contributed by atoms with Gasteiger partial charge in [-0.15, -0.1) is 0 Å². The second-order valence-corrected chi connectivity index (χ2v) is 2.97. The number of carbonyl (C=O) groups excluding carboxylic acids is 1. The van der Waals surface area contributed by atoms with E-state index >= 15 is 0 Å². The molecular formula is C11H14N2O4. The summed E-state index contributed by atoms with van der Waals surface area (Å²) in [5.41, 5.74) is 2.89. The Kier molecular flexibility index (Phi) is 4.80. The molecule has 0 saturated heterocycles. The highest BCUT2D eigenvalue weighted by Crippen LogP contribution is 2.22. The van der Waals surface area contributed by atoms with E-state index in [-0.39, 0.29) is 0 Å². The lowest BCUT2D eigenvalue weighted by atomic mass is 10.2. The van der Waals surface area contributed by atoms with E-state index < -0.39 is 6.09 Å². The zero-order valence-corrected chi connectivity index (χ0v) is 9.89. The Morgan fingerprint density at radius 3 is 2.65 bits per heavy atom. The molecule has 0 aliphatic rings. The van der Waals surface area contributed by atoms with Crippen molar-refractivity contribution in [2.45, 2.75) is 0 Å². The number of hydrazone groups is 1. The van der Waals surface area contributed by atoms with Crippen LogP contribution in [0.4, 0.5) is 4.79 Å². The summed E-state index contributed by atoms with van der Waals surface area (Å²) in [6, 6.07) is 5.25. The topological polar surface area (TPSA) is 69.2 Å². The maximum Gasteiger partial charge on any atom is 0.427 e. The number of carbonyl (C=O) groups is 1. The molecule has 1 aromatic rings. The van der Waals surface area contributed by atoms with E-state index in [4.69, 9.17) is 9.47 Å². The van der Waals surface area contributed by atoms with Crippen LogP contribution in [-0.2, 0) is 4.74 Å². The molecule has 0 aliphatic heterocycles. The maximum atomic E-state index is 10.8. The third-order valence-electron chi connectivity index (χ3n) is 1.99. The van der Waals surface area contributed by atoms with Crippen molar-refractivity contribution in [3.63, 3.8) is 0 Å². The summed E-state index contributed by atoms with van der Waals surface area (Å²) < 4.78 is 14.6. The Hall–Kier alpha value is -2.24. The predicted octanol–water partition coefficient (Wildman–Crippen LogP) is 1.39. The number of nitrogens with one attached hydrogen (secondary N) is 1. The Morgan fingerprint density at radius 2 is 2.06 bits per heavy atom. The van der Waals surface area contributed by atoms with Crippen LogP contribution in [0.2, 0.25) is 0 Å².